The number of rotatable bonds is 1. The minimum Gasteiger partial charge on any atom is -0.120 e. The second-order valence-electron chi connectivity index (χ2n) is 4.13. The average Bonchev–Trinajstić information content (AvgIpc) is 1.94. The van der Waals surface area contributed by atoms with Gasteiger partial charge < -0.3 is 0 Å². The molecule has 0 atom stereocenters. The second kappa shape index (κ2) is 3.93. The molecule has 0 aliphatic rings. The maximum Gasteiger partial charge on any atom is 0.0446 e. The average molecular weight is 215 g/mol. The quantitative estimate of drug-likeness (QED) is 0.619. The molecule has 0 aliphatic heterocycles. The van der Waals surface area contributed by atoms with Crippen LogP contribution in [0.4, 0.5) is 0 Å². The highest BCUT2D eigenvalue weighted by atomic mass is 35.5. The van der Waals surface area contributed by atoms with E-state index in [1.54, 1.807) is 0 Å². The fourth-order valence-electron chi connectivity index (χ4n) is 0.991. The standard InChI is InChI=1S/C11H15ClS/c1-8-5-6-9(7-10(8)12)13-11(2,3)4/h5-7H,1-4H3. The van der Waals surface area contributed by atoms with Gasteiger partial charge in [-0.15, -0.1) is 11.8 Å². The fourth-order valence-corrected chi connectivity index (χ4v) is 2.26. The van der Waals surface area contributed by atoms with E-state index in [4.69, 9.17) is 11.6 Å². The molecule has 0 nitrogen and oxygen atoms in total. The van der Waals surface area contributed by atoms with E-state index in [9.17, 15) is 0 Å². The van der Waals surface area contributed by atoms with Crippen molar-refractivity contribution >= 4 is 23.4 Å². The van der Waals surface area contributed by atoms with Crippen LogP contribution in [0.25, 0.3) is 0 Å². The van der Waals surface area contributed by atoms with Gasteiger partial charge in [-0.25, -0.2) is 0 Å². The molecule has 0 saturated heterocycles. The molecule has 0 unspecified atom stereocenters. The first-order chi connectivity index (χ1) is 5.88. The highest BCUT2D eigenvalue weighted by Gasteiger charge is 2.12. The Balaban J connectivity index is 2.86. The van der Waals surface area contributed by atoms with Gasteiger partial charge in [0.25, 0.3) is 0 Å². The van der Waals surface area contributed by atoms with Gasteiger partial charge in [-0.3, -0.25) is 0 Å². The normalized spacial score (nSPS) is 11.8. The molecule has 1 rings (SSSR count). The van der Waals surface area contributed by atoms with Crippen molar-refractivity contribution in [2.45, 2.75) is 37.3 Å². The number of hydrogen-bond donors (Lipinski definition) is 0. The van der Waals surface area contributed by atoms with E-state index < -0.39 is 0 Å². The zero-order valence-corrected chi connectivity index (χ0v) is 10.1. The first-order valence-corrected chi connectivity index (χ1v) is 5.53. The second-order valence-corrected chi connectivity index (χ2v) is 6.43. The lowest BCUT2D eigenvalue weighted by Gasteiger charge is -2.17. The van der Waals surface area contributed by atoms with Crippen molar-refractivity contribution in [1.29, 1.82) is 0 Å². The van der Waals surface area contributed by atoms with Crippen molar-refractivity contribution in [3.63, 3.8) is 0 Å². The molecule has 0 aromatic heterocycles. The molecule has 1 aromatic carbocycles. The van der Waals surface area contributed by atoms with Crippen LogP contribution in [0.15, 0.2) is 23.1 Å². The van der Waals surface area contributed by atoms with E-state index in [-0.39, 0.29) is 4.75 Å². The molecule has 0 N–H and O–H groups in total. The van der Waals surface area contributed by atoms with Gasteiger partial charge in [0.2, 0.25) is 0 Å². The van der Waals surface area contributed by atoms with Crippen molar-refractivity contribution in [2.24, 2.45) is 0 Å². The zero-order chi connectivity index (χ0) is 10.1. The van der Waals surface area contributed by atoms with Crippen LogP contribution in [0.3, 0.4) is 0 Å². The monoisotopic (exact) mass is 214 g/mol. The smallest absolute Gasteiger partial charge is 0.0446 e. The summed E-state index contributed by atoms with van der Waals surface area (Å²) in [6, 6.07) is 6.22. The van der Waals surface area contributed by atoms with Crippen LogP contribution in [0.1, 0.15) is 26.3 Å². The lowest BCUT2D eigenvalue weighted by atomic mass is 10.2. The largest absolute Gasteiger partial charge is 0.120 e. The molecule has 0 bridgehead atoms. The van der Waals surface area contributed by atoms with Crippen LogP contribution in [0.2, 0.25) is 5.02 Å². The van der Waals surface area contributed by atoms with E-state index in [1.165, 1.54) is 4.90 Å². The van der Waals surface area contributed by atoms with Crippen LogP contribution >= 0.6 is 23.4 Å². The van der Waals surface area contributed by atoms with Crippen LogP contribution in [-0.2, 0) is 0 Å². The Bertz CT molecular complexity index is 299. The summed E-state index contributed by atoms with van der Waals surface area (Å²) >= 11 is 7.87. The highest BCUT2D eigenvalue weighted by molar-refractivity contribution is 8.00. The van der Waals surface area contributed by atoms with Crippen LogP contribution in [-0.4, -0.2) is 4.75 Å². The van der Waals surface area contributed by atoms with Gasteiger partial charge in [-0.05, 0) is 24.6 Å². The summed E-state index contributed by atoms with van der Waals surface area (Å²) in [4.78, 5) is 1.24. The topological polar surface area (TPSA) is 0 Å². The maximum atomic E-state index is 6.03. The van der Waals surface area contributed by atoms with Gasteiger partial charge in [-0.2, -0.15) is 0 Å². The van der Waals surface area contributed by atoms with Gasteiger partial charge in [-0.1, -0.05) is 38.4 Å². The Labute approximate surface area is 89.7 Å². The Morgan fingerprint density at radius 3 is 2.31 bits per heavy atom. The first-order valence-electron chi connectivity index (χ1n) is 4.34. The number of benzene rings is 1. The van der Waals surface area contributed by atoms with E-state index in [0.717, 1.165) is 10.6 Å². The van der Waals surface area contributed by atoms with E-state index in [0.29, 0.717) is 0 Å². The van der Waals surface area contributed by atoms with Crippen molar-refractivity contribution in [3.8, 4) is 0 Å². The molecule has 13 heavy (non-hydrogen) atoms. The van der Waals surface area contributed by atoms with E-state index in [1.807, 2.05) is 24.8 Å². The number of aryl methyl sites for hydroxylation is 1. The summed E-state index contributed by atoms with van der Waals surface area (Å²) in [5.41, 5.74) is 1.14. The maximum absolute atomic E-state index is 6.03. The third-order valence-corrected chi connectivity index (χ3v) is 3.08. The lowest BCUT2D eigenvalue weighted by molar-refractivity contribution is 0.803. The Morgan fingerprint density at radius 2 is 1.85 bits per heavy atom. The highest BCUT2D eigenvalue weighted by Crippen LogP contribution is 2.33. The van der Waals surface area contributed by atoms with Crippen LogP contribution in [0, 0.1) is 6.92 Å². The summed E-state index contributed by atoms with van der Waals surface area (Å²) in [7, 11) is 0. The third-order valence-electron chi connectivity index (χ3n) is 1.57. The first kappa shape index (κ1) is 10.9. The Hall–Kier alpha value is -0.140. The summed E-state index contributed by atoms with van der Waals surface area (Å²) in [6.07, 6.45) is 0. The molecular weight excluding hydrogens is 200 g/mol. The molecule has 0 saturated carbocycles. The summed E-state index contributed by atoms with van der Waals surface area (Å²) in [5.74, 6) is 0. The lowest BCUT2D eigenvalue weighted by Crippen LogP contribution is -2.06. The Morgan fingerprint density at radius 1 is 1.23 bits per heavy atom. The van der Waals surface area contributed by atoms with E-state index >= 15 is 0 Å². The van der Waals surface area contributed by atoms with Crippen molar-refractivity contribution in [1.82, 2.24) is 0 Å². The number of thioether (sulfide) groups is 1. The predicted molar refractivity (Wildman–Crippen MR) is 61.8 cm³/mol. The van der Waals surface area contributed by atoms with Gasteiger partial charge in [0.15, 0.2) is 0 Å². The Kier molecular flexibility index (Phi) is 3.31. The SMILES string of the molecule is Cc1ccc(SC(C)(C)C)cc1Cl. The predicted octanol–water partition coefficient (Wildman–Crippen LogP) is 4.54. The van der Waals surface area contributed by atoms with E-state index in [2.05, 4.69) is 32.9 Å². The molecule has 0 aliphatic carbocycles. The van der Waals surface area contributed by atoms with Crippen molar-refractivity contribution in [2.75, 3.05) is 0 Å². The van der Waals surface area contributed by atoms with Gasteiger partial charge in [0, 0.05) is 14.7 Å². The fraction of sp³-hybridized carbons (Fsp3) is 0.455. The number of hydrogen-bond acceptors (Lipinski definition) is 1. The molecule has 2 heteroatoms. The van der Waals surface area contributed by atoms with Crippen molar-refractivity contribution in [3.05, 3.63) is 28.8 Å². The van der Waals surface area contributed by atoms with Gasteiger partial charge >= 0.3 is 0 Å². The van der Waals surface area contributed by atoms with Crippen LogP contribution < -0.4 is 0 Å². The van der Waals surface area contributed by atoms with Gasteiger partial charge in [0.05, 0.1) is 0 Å². The van der Waals surface area contributed by atoms with Gasteiger partial charge in [0.1, 0.15) is 0 Å². The molecular formula is C11H15ClS. The van der Waals surface area contributed by atoms with Crippen molar-refractivity contribution < 1.29 is 0 Å². The minimum atomic E-state index is 0.249. The molecule has 0 amide bonds. The minimum absolute atomic E-state index is 0.249. The summed E-state index contributed by atoms with van der Waals surface area (Å²) < 4.78 is 0.249. The molecule has 0 spiro atoms. The number of halogens is 1. The molecule has 1 aromatic rings. The molecule has 0 heterocycles. The molecule has 0 radical (unpaired) electrons. The summed E-state index contributed by atoms with van der Waals surface area (Å²) in [6.45, 7) is 8.62. The van der Waals surface area contributed by atoms with Crippen LogP contribution in [0.5, 0.6) is 0 Å². The molecule has 0 fully saturated rings. The summed E-state index contributed by atoms with van der Waals surface area (Å²) in [5, 5.41) is 0.856. The zero-order valence-electron chi connectivity index (χ0n) is 8.52. The molecule has 72 valence electrons. The third kappa shape index (κ3) is 3.61.